The molecule has 7 rings (SSSR count). The maximum absolute atomic E-state index is 5.90. The van der Waals surface area contributed by atoms with Crippen molar-refractivity contribution in [2.24, 2.45) is 0 Å². The Morgan fingerprint density at radius 2 is 1.86 bits per heavy atom. The lowest BCUT2D eigenvalue weighted by molar-refractivity contribution is -0.0394. The first kappa shape index (κ1) is 21.9. The molecule has 2 unspecified atom stereocenters. The summed E-state index contributed by atoms with van der Waals surface area (Å²) in [4.78, 5) is 10.3. The zero-order valence-electron chi connectivity index (χ0n) is 20.6. The third-order valence-corrected chi connectivity index (χ3v) is 8.23. The number of nitrogens with one attached hydrogen (secondary N) is 2. The molecule has 2 N–H and O–H groups in total. The fourth-order valence-electron chi connectivity index (χ4n) is 6.23. The highest BCUT2D eigenvalue weighted by atomic mass is 16.5. The smallest absolute Gasteiger partial charge is 0.151 e. The van der Waals surface area contributed by atoms with Crippen LogP contribution >= 0.6 is 0 Å². The molecule has 3 aliphatic heterocycles. The molecule has 36 heavy (non-hydrogen) atoms. The molecular formula is C27H32N8O. The molecule has 3 aromatic heterocycles. The zero-order valence-corrected chi connectivity index (χ0v) is 20.6. The van der Waals surface area contributed by atoms with E-state index in [0.717, 1.165) is 58.7 Å². The van der Waals surface area contributed by atoms with Gasteiger partial charge in [-0.05, 0) is 63.1 Å². The maximum Gasteiger partial charge on any atom is 0.151 e. The minimum absolute atomic E-state index is 0.0241. The van der Waals surface area contributed by atoms with Gasteiger partial charge in [0, 0.05) is 54.7 Å². The van der Waals surface area contributed by atoms with E-state index in [9.17, 15) is 0 Å². The molecule has 186 valence electrons. The van der Waals surface area contributed by atoms with E-state index in [-0.39, 0.29) is 6.23 Å². The summed E-state index contributed by atoms with van der Waals surface area (Å²) in [6, 6.07) is 10.2. The van der Waals surface area contributed by atoms with Crippen molar-refractivity contribution < 1.29 is 4.74 Å². The van der Waals surface area contributed by atoms with Crippen molar-refractivity contribution in [1.29, 1.82) is 0 Å². The molecule has 9 nitrogen and oxygen atoms in total. The molecule has 2 bridgehead atoms. The molecule has 3 fully saturated rings. The predicted molar refractivity (Wildman–Crippen MR) is 139 cm³/mol. The van der Waals surface area contributed by atoms with Gasteiger partial charge in [0.1, 0.15) is 6.23 Å². The highest BCUT2D eigenvalue weighted by Gasteiger charge is 2.35. The summed E-state index contributed by atoms with van der Waals surface area (Å²) >= 11 is 0. The van der Waals surface area contributed by atoms with E-state index in [2.05, 4.69) is 73.0 Å². The molecule has 3 aliphatic rings. The molecule has 1 aromatic carbocycles. The number of rotatable bonds is 5. The normalized spacial score (nSPS) is 25.9. The highest BCUT2D eigenvalue weighted by Crippen LogP contribution is 2.35. The van der Waals surface area contributed by atoms with E-state index >= 15 is 0 Å². The van der Waals surface area contributed by atoms with Crippen LogP contribution in [0.5, 0.6) is 0 Å². The minimum atomic E-state index is 0.0241. The molecular weight excluding hydrogens is 452 g/mol. The lowest BCUT2D eigenvalue weighted by atomic mass is 9.98. The second kappa shape index (κ2) is 8.97. The molecule has 3 saturated heterocycles. The average Bonchev–Trinajstić information content (AvgIpc) is 3.69. The second-order valence-electron chi connectivity index (χ2n) is 10.5. The molecule has 0 spiro atoms. The number of piperidine rings is 1. The quantitative estimate of drug-likeness (QED) is 0.436. The van der Waals surface area contributed by atoms with Crippen LogP contribution in [0.15, 0.2) is 43.0 Å². The Morgan fingerprint density at radius 3 is 2.64 bits per heavy atom. The van der Waals surface area contributed by atoms with Gasteiger partial charge in [-0.25, -0.2) is 9.67 Å². The minimum Gasteiger partial charge on any atom is -0.357 e. The fourth-order valence-corrected chi connectivity index (χ4v) is 6.23. The summed E-state index contributed by atoms with van der Waals surface area (Å²) in [5, 5.41) is 17.6. The summed E-state index contributed by atoms with van der Waals surface area (Å²) in [5.74, 6) is 0.928. The largest absolute Gasteiger partial charge is 0.357 e. The lowest BCUT2D eigenvalue weighted by Crippen LogP contribution is -2.47. The molecule has 0 aliphatic carbocycles. The first-order chi connectivity index (χ1) is 17.7. The van der Waals surface area contributed by atoms with E-state index in [1.807, 2.05) is 10.9 Å². The Bertz CT molecular complexity index is 1340. The van der Waals surface area contributed by atoms with Crippen molar-refractivity contribution in [1.82, 2.24) is 35.3 Å². The Kier molecular flexibility index (Phi) is 5.47. The topological polar surface area (TPSA) is 96.8 Å². The van der Waals surface area contributed by atoms with E-state index in [4.69, 9.17) is 4.74 Å². The Labute approximate surface area is 210 Å². The number of benzene rings is 1. The summed E-state index contributed by atoms with van der Waals surface area (Å²) in [6.07, 6.45) is 14.0. The van der Waals surface area contributed by atoms with Crippen molar-refractivity contribution in [2.75, 3.05) is 18.6 Å². The first-order valence-corrected chi connectivity index (χ1v) is 13.2. The first-order valence-electron chi connectivity index (χ1n) is 13.2. The molecule has 9 heteroatoms. The number of ether oxygens (including phenoxy) is 1. The molecule has 0 amide bonds. The number of aromatic amines is 1. The highest BCUT2D eigenvalue weighted by molar-refractivity contribution is 5.99. The van der Waals surface area contributed by atoms with Crippen LogP contribution < -0.4 is 10.2 Å². The summed E-state index contributed by atoms with van der Waals surface area (Å²) in [5.41, 5.74) is 5.78. The van der Waals surface area contributed by atoms with E-state index in [1.165, 1.54) is 32.1 Å². The van der Waals surface area contributed by atoms with Crippen molar-refractivity contribution in [2.45, 2.75) is 69.3 Å². The van der Waals surface area contributed by atoms with Gasteiger partial charge in [0.25, 0.3) is 0 Å². The summed E-state index contributed by atoms with van der Waals surface area (Å²) in [6.45, 7) is 0.799. The van der Waals surface area contributed by atoms with Crippen molar-refractivity contribution >= 4 is 16.9 Å². The lowest BCUT2D eigenvalue weighted by Gasteiger charge is -2.36. The number of H-pyrrole nitrogens is 1. The van der Waals surface area contributed by atoms with Crippen molar-refractivity contribution in [3.8, 4) is 22.4 Å². The van der Waals surface area contributed by atoms with Gasteiger partial charge in [0.15, 0.2) is 5.82 Å². The van der Waals surface area contributed by atoms with Crippen LogP contribution in [0.4, 0.5) is 5.82 Å². The molecule has 4 aromatic rings. The Balaban J connectivity index is 1.15. The average molecular weight is 485 g/mol. The van der Waals surface area contributed by atoms with Crippen molar-refractivity contribution in [3.05, 3.63) is 43.0 Å². The number of hydrogen-bond donors (Lipinski definition) is 2. The molecule has 0 saturated carbocycles. The van der Waals surface area contributed by atoms with E-state index in [1.54, 1.807) is 6.33 Å². The van der Waals surface area contributed by atoms with Gasteiger partial charge in [-0.3, -0.25) is 0 Å². The van der Waals surface area contributed by atoms with Crippen LogP contribution in [0, 0.1) is 0 Å². The third kappa shape index (κ3) is 3.87. The molecule has 0 radical (unpaired) electrons. The number of imidazole rings is 1. The Hall–Kier alpha value is -3.30. The summed E-state index contributed by atoms with van der Waals surface area (Å²) < 4.78 is 7.84. The van der Waals surface area contributed by atoms with Gasteiger partial charge in [-0.15, -0.1) is 10.2 Å². The van der Waals surface area contributed by atoms with Crippen LogP contribution in [0.1, 0.15) is 51.2 Å². The van der Waals surface area contributed by atoms with Gasteiger partial charge in [0.2, 0.25) is 0 Å². The van der Waals surface area contributed by atoms with E-state index < -0.39 is 0 Å². The number of anilines is 1. The number of aromatic nitrogens is 6. The second-order valence-corrected chi connectivity index (χ2v) is 10.5. The molecule has 6 heterocycles. The van der Waals surface area contributed by atoms with Crippen LogP contribution in [-0.2, 0) is 4.74 Å². The third-order valence-electron chi connectivity index (χ3n) is 8.23. The van der Waals surface area contributed by atoms with Gasteiger partial charge in [-0.2, -0.15) is 5.10 Å². The maximum atomic E-state index is 5.90. The van der Waals surface area contributed by atoms with Gasteiger partial charge in [0.05, 0.1) is 29.3 Å². The van der Waals surface area contributed by atoms with Crippen molar-refractivity contribution in [3.63, 3.8) is 0 Å². The van der Waals surface area contributed by atoms with Crippen LogP contribution in [0.25, 0.3) is 33.4 Å². The van der Waals surface area contributed by atoms with Gasteiger partial charge >= 0.3 is 0 Å². The SMILES string of the molecule is CN(c1ccc(-c2ccc(-c3cnn(C4CCCCO4)c3)c3[nH]cnc23)nn1)C1C[C@H]2CC[C@@H](C1)N2. The zero-order chi connectivity index (χ0) is 24.1. The van der Waals surface area contributed by atoms with Crippen LogP contribution in [0.2, 0.25) is 0 Å². The van der Waals surface area contributed by atoms with Gasteiger partial charge in [-0.1, -0.05) is 6.07 Å². The summed E-state index contributed by atoms with van der Waals surface area (Å²) in [7, 11) is 2.15. The molecule has 4 atom stereocenters. The monoisotopic (exact) mass is 484 g/mol. The standard InChI is InChI=1S/C27H32N8O/c1-34(20-12-18-5-6-19(13-20)31-18)24-10-9-23(32-33-24)22-8-7-21(26-27(22)29-16-28-26)17-14-30-35(15-17)25-4-2-3-11-36-25/h7-10,14-16,18-20,25,31H,2-6,11-13H2,1H3,(H,28,29)/t18-,19+,20?,25?. The van der Waals surface area contributed by atoms with Gasteiger partial charge < -0.3 is 19.9 Å². The van der Waals surface area contributed by atoms with Crippen LogP contribution in [-0.4, -0.2) is 61.7 Å². The Morgan fingerprint density at radius 1 is 1.00 bits per heavy atom. The number of hydrogen-bond acceptors (Lipinski definition) is 7. The van der Waals surface area contributed by atoms with Crippen LogP contribution in [0.3, 0.4) is 0 Å². The fraction of sp³-hybridized carbons (Fsp3) is 0.481. The van der Waals surface area contributed by atoms with E-state index in [0.29, 0.717) is 18.1 Å². The number of fused-ring (bicyclic) bond motifs is 3. The number of nitrogens with zero attached hydrogens (tertiary/aromatic N) is 6. The predicted octanol–water partition coefficient (Wildman–Crippen LogP) is 4.30.